The van der Waals surface area contributed by atoms with E-state index in [2.05, 4.69) is 15.5 Å². The Morgan fingerprint density at radius 3 is 2.47 bits per heavy atom. The Morgan fingerprint density at radius 2 is 1.76 bits per heavy atom. The van der Waals surface area contributed by atoms with E-state index in [1.54, 1.807) is 43.3 Å². The zero-order valence-electron chi connectivity index (χ0n) is 18.1. The lowest BCUT2D eigenvalue weighted by Crippen LogP contribution is -2.28. The van der Waals surface area contributed by atoms with Gasteiger partial charge >= 0.3 is 11.7 Å². The summed E-state index contributed by atoms with van der Waals surface area (Å²) in [7, 11) is 0. The molecule has 34 heavy (non-hydrogen) atoms. The van der Waals surface area contributed by atoms with Crippen molar-refractivity contribution >= 4 is 46.6 Å². The minimum Gasteiger partial charge on any atom is -0.462 e. The molecule has 2 aromatic heterocycles. The van der Waals surface area contributed by atoms with Crippen molar-refractivity contribution < 1.29 is 14.3 Å². The molecule has 0 aliphatic heterocycles. The third kappa shape index (κ3) is 5.64. The summed E-state index contributed by atoms with van der Waals surface area (Å²) in [6, 6.07) is 17.2. The predicted octanol–water partition coefficient (Wildman–Crippen LogP) is 3.65. The van der Waals surface area contributed by atoms with E-state index in [0.29, 0.717) is 32.7 Å². The first-order valence-corrected chi connectivity index (χ1v) is 11.7. The first-order chi connectivity index (χ1) is 16.4. The number of esters is 1. The summed E-state index contributed by atoms with van der Waals surface area (Å²) in [6.45, 7) is 1.72. The van der Waals surface area contributed by atoms with Crippen LogP contribution in [0.4, 0.5) is 5.69 Å². The van der Waals surface area contributed by atoms with Crippen LogP contribution >= 0.6 is 23.4 Å². The van der Waals surface area contributed by atoms with Gasteiger partial charge in [-0.1, -0.05) is 35.5 Å². The number of fused-ring (bicyclic) bond motifs is 1. The summed E-state index contributed by atoms with van der Waals surface area (Å²) in [5.41, 5.74) is 1.76. The van der Waals surface area contributed by atoms with Crippen LogP contribution in [0.15, 0.2) is 70.5 Å². The molecule has 0 aliphatic carbocycles. The lowest BCUT2D eigenvalue weighted by Gasteiger charge is -2.06. The number of hydrogen-bond acceptors (Lipinski definition) is 7. The largest absolute Gasteiger partial charge is 0.462 e. The van der Waals surface area contributed by atoms with Gasteiger partial charge in [-0.25, -0.2) is 14.3 Å². The second kappa shape index (κ2) is 10.5. The van der Waals surface area contributed by atoms with E-state index in [9.17, 15) is 14.4 Å². The standard InChI is InChI=1S/C23H20ClN5O4S/c1-2-33-22(31)16-5-9-18(10-6-16)25-20(30)13-28-23(32)29-19(26-28)11-12-21(27-29)34-14-15-3-7-17(24)8-4-15/h3-12H,2,13-14H2,1H3,(H,25,30). The van der Waals surface area contributed by atoms with Crippen LogP contribution in [0.5, 0.6) is 0 Å². The van der Waals surface area contributed by atoms with Gasteiger partial charge in [0.25, 0.3) is 0 Å². The Labute approximate surface area is 203 Å². The Morgan fingerprint density at radius 1 is 1.03 bits per heavy atom. The second-order valence-electron chi connectivity index (χ2n) is 7.14. The van der Waals surface area contributed by atoms with Crippen molar-refractivity contribution in [2.75, 3.05) is 11.9 Å². The topological polar surface area (TPSA) is 108 Å². The molecule has 2 heterocycles. The Hall–Kier alpha value is -3.63. The average Bonchev–Trinajstić information content (AvgIpc) is 3.13. The number of ether oxygens (including phenoxy) is 1. The number of aromatic nitrogens is 4. The van der Waals surface area contributed by atoms with Gasteiger partial charge in [0, 0.05) is 16.5 Å². The molecule has 11 heteroatoms. The van der Waals surface area contributed by atoms with E-state index in [1.165, 1.54) is 16.3 Å². The molecule has 174 valence electrons. The average molecular weight is 498 g/mol. The molecule has 0 spiro atoms. The first-order valence-electron chi connectivity index (χ1n) is 10.3. The Balaban J connectivity index is 1.41. The van der Waals surface area contributed by atoms with Crippen LogP contribution in [0, 0.1) is 0 Å². The molecule has 0 unspecified atom stereocenters. The lowest BCUT2D eigenvalue weighted by atomic mass is 10.2. The summed E-state index contributed by atoms with van der Waals surface area (Å²) >= 11 is 7.38. The Bertz CT molecular complexity index is 1380. The van der Waals surface area contributed by atoms with Gasteiger partial charge < -0.3 is 10.1 Å². The van der Waals surface area contributed by atoms with E-state index in [-0.39, 0.29) is 13.2 Å². The summed E-state index contributed by atoms with van der Waals surface area (Å²) in [5.74, 6) is -0.211. The fourth-order valence-corrected chi connectivity index (χ4v) is 3.99. The highest BCUT2D eigenvalue weighted by molar-refractivity contribution is 7.98. The molecule has 1 N–H and O–H groups in total. The zero-order chi connectivity index (χ0) is 24.1. The molecule has 0 saturated carbocycles. The SMILES string of the molecule is CCOC(=O)c1ccc(NC(=O)Cn2nc3ccc(SCc4ccc(Cl)cc4)nn3c2=O)cc1. The van der Waals surface area contributed by atoms with Crippen LogP contribution in [0.1, 0.15) is 22.8 Å². The number of benzene rings is 2. The quantitative estimate of drug-likeness (QED) is 0.292. The van der Waals surface area contributed by atoms with Crippen LogP contribution in [0.3, 0.4) is 0 Å². The number of nitrogens with one attached hydrogen (secondary N) is 1. The number of halogens is 1. The molecular weight excluding hydrogens is 478 g/mol. The number of amides is 1. The number of carbonyl (C=O) groups excluding carboxylic acids is 2. The summed E-state index contributed by atoms with van der Waals surface area (Å²) in [5, 5.41) is 12.5. The van der Waals surface area contributed by atoms with Crippen LogP contribution in [-0.2, 0) is 21.8 Å². The maximum absolute atomic E-state index is 12.7. The number of hydrogen-bond donors (Lipinski definition) is 1. The van der Waals surface area contributed by atoms with E-state index < -0.39 is 17.6 Å². The number of nitrogens with zero attached hydrogens (tertiary/aromatic N) is 4. The van der Waals surface area contributed by atoms with Crippen LogP contribution in [0.2, 0.25) is 5.02 Å². The summed E-state index contributed by atoms with van der Waals surface area (Å²) in [6.07, 6.45) is 0. The molecule has 0 fully saturated rings. The van der Waals surface area contributed by atoms with Gasteiger partial charge in [-0.2, -0.15) is 9.61 Å². The van der Waals surface area contributed by atoms with Crippen molar-refractivity contribution in [1.29, 1.82) is 0 Å². The van der Waals surface area contributed by atoms with E-state index in [4.69, 9.17) is 16.3 Å². The summed E-state index contributed by atoms with van der Waals surface area (Å²) < 4.78 is 7.16. The van der Waals surface area contributed by atoms with E-state index >= 15 is 0 Å². The summed E-state index contributed by atoms with van der Waals surface area (Å²) in [4.78, 5) is 36.9. The number of thioether (sulfide) groups is 1. The van der Waals surface area contributed by atoms with Crippen molar-refractivity contribution in [3.8, 4) is 0 Å². The Kier molecular flexibility index (Phi) is 7.29. The minimum atomic E-state index is -0.517. The van der Waals surface area contributed by atoms with Gasteiger partial charge in [-0.3, -0.25) is 4.79 Å². The highest BCUT2D eigenvalue weighted by atomic mass is 35.5. The van der Waals surface area contributed by atoms with Gasteiger partial charge in [0.15, 0.2) is 5.65 Å². The molecule has 0 saturated heterocycles. The van der Waals surface area contributed by atoms with E-state index in [0.717, 1.165) is 10.2 Å². The molecule has 0 radical (unpaired) electrons. The van der Waals surface area contributed by atoms with Gasteiger partial charge in [-0.15, -0.1) is 5.10 Å². The van der Waals surface area contributed by atoms with Crippen LogP contribution in [-0.4, -0.2) is 37.9 Å². The highest BCUT2D eigenvalue weighted by Crippen LogP contribution is 2.21. The van der Waals surface area contributed by atoms with Crippen molar-refractivity contribution in [2.24, 2.45) is 0 Å². The predicted molar refractivity (Wildman–Crippen MR) is 129 cm³/mol. The maximum Gasteiger partial charge on any atom is 0.367 e. The fraction of sp³-hybridized carbons (Fsp3) is 0.174. The lowest BCUT2D eigenvalue weighted by molar-refractivity contribution is -0.117. The molecule has 0 atom stereocenters. The van der Waals surface area contributed by atoms with Gasteiger partial charge in [0.05, 0.1) is 12.2 Å². The first kappa shape index (κ1) is 23.5. The number of anilines is 1. The molecule has 4 aromatic rings. The number of carbonyl (C=O) groups is 2. The molecule has 0 bridgehead atoms. The van der Waals surface area contributed by atoms with Gasteiger partial charge in [-0.05, 0) is 61.0 Å². The smallest absolute Gasteiger partial charge is 0.367 e. The highest BCUT2D eigenvalue weighted by Gasteiger charge is 2.13. The molecular formula is C23H20ClN5O4S. The van der Waals surface area contributed by atoms with Crippen LogP contribution < -0.4 is 11.0 Å². The van der Waals surface area contributed by atoms with Crippen molar-refractivity contribution in [2.45, 2.75) is 24.2 Å². The molecule has 1 amide bonds. The van der Waals surface area contributed by atoms with Crippen molar-refractivity contribution in [1.82, 2.24) is 19.4 Å². The third-order valence-corrected chi connectivity index (χ3v) is 5.93. The molecule has 2 aromatic carbocycles. The fourth-order valence-electron chi connectivity index (χ4n) is 3.05. The van der Waals surface area contributed by atoms with Crippen molar-refractivity contribution in [3.63, 3.8) is 0 Å². The van der Waals surface area contributed by atoms with E-state index in [1.807, 2.05) is 24.3 Å². The second-order valence-corrected chi connectivity index (χ2v) is 8.57. The van der Waals surface area contributed by atoms with Crippen LogP contribution in [0.25, 0.3) is 5.65 Å². The molecule has 9 nitrogen and oxygen atoms in total. The monoisotopic (exact) mass is 497 g/mol. The van der Waals surface area contributed by atoms with Gasteiger partial charge in [0.1, 0.15) is 11.6 Å². The molecule has 0 aliphatic rings. The third-order valence-electron chi connectivity index (χ3n) is 4.69. The minimum absolute atomic E-state index is 0.280. The normalized spacial score (nSPS) is 10.9. The zero-order valence-corrected chi connectivity index (χ0v) is 19.7. The van der Waals surface area contributed by atoms with Gasteiger partial charge in [0.2, 0.25) is 5.91 Å². The maximum atomic E-state index is 12.7. The molecule has 4 rings (SSSR count). The number of rotatable bonds is 8. The van der Waals surface area contributed by atoms with Crippen molar-refractivity contribution in [3.05, 3.63) is 87.3 Å².